The molecule has 12 heteroatoms. The van der Waals surface area contributed by atoms with Crippen LogP contribution in [-0.4, -0.2) is 32.2 Å². The third kappa shape index (κ3) is 7.13. The summed E-state index contributed by atoms with van der Waals surface area (Å²) in [6, 6.07) is 14.4. The third-order valence-corrected chi connectivity index (χ3v) is 8.81. The molecule has 2 atom stereocenters. The molecule has 2 aromatic carbocycles. The van der Waals surface area contributed by atoms with Crippen LogP contribution in [0.5, 0.6) is 0 Å². The Balaban J connectivity index is 1.14. The van der Waals surface area contributed by atoms with E-state index >= 15 is 0 Å². The predicted molar refractivity (Wildman–Crippen MR) is 151 cm³/mol. The summed E-state index contributed by atoms with van der Waals surface area (Å²) in [4.78, 5) is 24.9. The highest BCUT2D eigenvalue weighted by atomic mass is 35.5. The molecule has 4 aromatic rings. The van der Waals surface area contributed by atoms with E-state index in [1.807, 2.05) is 24.3 Å². The van der Waals surface area contributed by atoms with Crippen LogP contribution in [0.4, 0.5) is 10.3 Å². The average Bonchev–Trinajstić information content (AvgIpc) is 3.57. The molecule has 0 bridgehead atoms. The Labute approximate surface area is 237 Å². The fourth-order valence-corrected chi connectivity index (χ4v) is 6.51. The Hall–Kier alpha value is -2.92. The van der Waals surface area contributed by atoms with Crippen LogP contribution in [0.3, 0.4) is 0 Å². The first-order chi connectivity index (χ1) is 18.4. The lowest BCUT2D eigenvalue weighted by atomic mass is 9.82. The van der Waals surface area contributed by atoms with Crippen molar-refractivity contribution < 1.29 is 9.59 Å². The zero-order valence-electron chi connectivity index (χ0n) is 20.2. The summed E-state index contributed by atoms with van der Waals surface area (Å²) in [7, 11) is 0. The molecule has 1 aliphatic rings. The molecule has 1 saturated carbocycles. The predicted octanol–water partition coefficient (Wildman–Crippen LogP) is 6.50. The lowest BCUT2D eigenvalue weighted by molar-refractivity contribution is -0.116. The van der Waals surface area contributed by atoms with E-state index in [1.165, 1.54) is 22.7 Å². The van der Waals surface area contributed by atoms with Gasteiger partial charge in [-0.1, -0.05) is 76.6 Å². The number of rotatable bonds is 8. The van der Waals surface area contributed by atoms with Crippen LogP contribution >= 0.6 is 45.9 Å². The van der Waals surface area contributed by atoms with Crippen molar-refractivity contribution in [2.75, 3.05) is 10.6 Å². The summed E-state index contributed by atoms with van der Waals surface area (Å²) < 4.78 is 0. The van der Waals surface area contributed by atoms with Crippen LogP contribution in [0.2, 0.25) is 10.0 Å². The van der Waals surface area contributed by atoms with Gasteiger partial charge in [-0.2, -0.15) is 0 Å². The molecule has 5 rings (SSSR count). The Morgan fingerprint density at radius 3 is 1.55 bits per heavy atom. The van der Waals surface area contributed by atoms with E-state index in [0.717, 1.165) is 46.8 Å². The van der Waals surface area contributed by atoms with Crippen LogP contribution in [-0.2, 0) is 22.4 Å². The lowest BCUT2D eigenvalue weighted by Gasteiger charge is -2.25. The number of benzene rings is 2. The van der Waals surface area contributed by atoms with Crippen molar-refractivity contribution in [3.8, 4) is 0 Å². The van der Waals surface area contributed by atoms with Gasteiger partial charge < -0.3 is 10.6 Å². The van der Waals surface area contributed by atoms with Gasteiger partial charge in [0.25, 0.3) is 0 Å². The SMILES string of the molecule is O=C(Cc1ccc(Cl)cc1)Nc1nnc([C@@H]2CCC[C@@H](c3nnc(NC(=O)Cc4ccc(Cl)cc4)s3)C2)s1. The summed E-state index contributed by atoms with van der Waals surface area (Å²) in [5, 5.41) is 26.9. The normalized spacial score (nSPS) is 17.2. The quantitative estimate of drug-likeness (QED) is 0.244. The number of carbonyl (C=O) groups is 2. The van der Waals surface area contributed by atoms with Gasteiger partial charge in [0.1, 0.15) is 10.0 Å². The number of anilines is 2. The van der Waals surface area contributed by atoms with Crippen LogP contribution in [0.25, 0.3) is 0 Å². The first-order valence-electron chi connectivity index (χ1n) is 12.2. The van der Waals surface area contributed by atoms with Crippen molar-refractivity contribution in [2.24, 2.45) is 0 Å². The maximum absolute atomic E-state index is 12.4. The maximum Gasteiger partial charge on any atom is 0.230 e. The zero-order chi connectivity index (χ0) is 26.5. The first-order valence-corrected chi connectivity index (χ1v) is 14.6. The first kappa shape index (κ1) is 26.7. The van der Waals surface area contributed by atoms with Crippen LogP contribution in [0.15, 0.2) is 48.5 Å². The molecule has 1 aliphatic carbocycles. The van der Waals surface area contributed by atoms with E-state index < -0.39 is 0 Å². The number of aromatic nitrogens is 4. The fourth-order valence-electron chi connectivity index (χ4n) is 4.44. The number of halogens is 2. The molecule has 38 heavy (non-hydrogen) atoms. The second-order valence-electron chi connectivity index (χ2n) is 9.15. The van der Waals surface area contributed by atoms with Gasteiger partial charge in [0.2, 0.25) is 22.1 Å². The molecule has 2 amide bonds. The van der Waals surface area contributed by atoms with Crippen molar-refractivity contribution in [3.63, 3.8) is 0 Å². The molecule has 0 saturated heterocycles. The van der Waals surface area contributed by atoms with Crippen LogP contribution in [0.1, 0.15) is 58.7 Å². The lowest BCUT2D eigenvalue weighted by Crippen LogP contribution is -2.14. The highest BCUT2D eigenvalue weighted by Gasteiger charge is 2.29. The van der Waals surface area contributed by atoms with Crippen LogP contribution < -0.4 is 10.6 Å². The van der Waals surface area contributed by atoms with E-state index in [-0.39, 0.29) is 36.5 Å². The number of carbonyl (C=O) groups excluding carboxylic acids is 2. The molecule has 8 nitrogen and oxygen atoms in total. The third-order valence-electron chi connectivity index (χ3n) is 6.30. The Kier molecular flexibility index (Phi) is 8.63. The van der Waals surface area contributed by atoms with Crippen molar-refractivity contribution in [1.29, 1.82) is 0 Å². The van der Waals surface area contributed by atoms with E-state index in [0.29, 0.717) is 20.3 Å². The smallest absolute Gasteiger partial charge is 0.230 e. The van der Waals surface area contributed by atoms with E-state index in [2.05, 4.69) is 31.0 Å². The maximum atomic E-state index is 12.4. The highest BCUT2D eigenvalue weighted by Crippen LogP contribution is 2.43. The monoisotopic (exact) mass is 586 g/mol. The molecule has 0 spiro atoms. The van der Waals surface area contributed by atoms with E-state index in [4.69, 9.17) is 23.2 Å². The second kappa shape index (κ2) is 12.3. The summed E-state index contributed by atoms with van der Waals surface area (Å²) >= 11 is 14.7. The molecule has 0 unspecified atom stereocenters. The summed E-state index contributed by atoms with van der Waals surface area (Å²) in [6.45, 7) is 0. The molecule has 2 N–H and O–H groups in total. The van der Waals surface area contributed by atoms with Crippen molar-refractivity contribution >= 4 is 68.0 Å². The van der Waals surface area contributed by atoms with Crippen molar-refractivity contribution in [3.05, 3.63) is 79.7 Å². The Morgan fingerprint density at radius 1 is 0.711 bits per heavy atom. The topological polar surface area (TPSA) is 110 Å². The molecule has 0 aliphatic heterocycles. The average molecular weight is 588 g/mol. The van der Waals surface area contributed by atoms with Gasteiger partial charge >= 0.3 is 0 Å². The van der Waals surface area contributed by atoms with Gasteiger partial charge in [-0.15, -0.1) is 20.4 Å². The highest BCUT2D eigenvalue weighted by molar-refractivity contribution is 7.15. The standard InChI is InChI=1S/C26H24Cl2N6O2S2/c27-19-8-4-15(5-9-19)12-21(35)29-25-33-31-23(37-25)17-2-1-3-18(14-17)24-32-34-26(38-24)30-22(36)13-16-6-10-20(28)11-7-16/h4-11,17-18H,1-3,12-14H2,(H,29,33,35)(H,30,34,36)/t17-,18-/m1/s1. The molecule has 0 radical (unpaired) electrons. The number of hydrogen-bond acceptors (Lipinski definition) is 8. The van der Waals surface area contributed by atoms with E-state index in [1.54, 1.807) is 24.3 Å². The van der Waals surface area contributed by atoms with Gasteiger partial charge in [0.05, 0.1) is 12.8 Å². The summed E-state index contributed by atoms with van der Waals surface area (Å²) in [5.41, 5.74) is 1.76. The number of hydrogen-bond donors (Lipinski definition) is 2. The minimum atomic E-state index is -0.143. The molecular formula is C26H24Cl2N6O2S2. The van der Waals surface area contributed by atoms with Crippen LogP contribution in [0, 0.1) is 0 Å². The summed E-state index contributed by atoms with van der Waals surface area (Å²) in [5.74, 6) is 0.187. The van der Waals surface area contributed by atoms with Crippen molar-refractivity contribution in [2.45, 2.75) is 50.4 Å². The minimum absolute atomic E-state index is 0.143. The number of amides is 2. The molecule has 2 heterocycles. The van der Waals surface area contributed by atoms with Gasteiger partial charge in [-0.25, -0.2) is 0 Å². The van der Waals surface area contributed by atoms with Gasteiger partial charge in [-0.05, 0) is 54.7 Å². The largest absolute Gasteiger partial charge is 0.300 e. The van der Waals surface area contributed by atoms with Crippen molar-refractivity contribution in [1.82, 2.24) is 20.4 Å². The van der Waals surface area contributed by atoms with Gasteiger partial charge in [0, 0.05) is 21.9 Å². The summed E-state index contributed by atoms with van der Waals surface area (Å²) in [6.07, 6.45) is 4.41. The molecular weight excluding hydrogens is 563 g/mol. The Bertz CT molecular complexity index is 1300. The van der Waals surface area contributed by atoms with Gasteiger partial charge in [0.15, 0.2) is 0 Å². The zero-order valence-corrected chi connectivity index (χ0v) is 23.3. The minimum Gasteiger partial charge on any atom is -0.300 e. The molecule has 1 fully saturated rings. The number of nitrogens with one attached hydrogen (secondary N) is 2. The Morgan fingerprint density at radius 2 is 1.13 bits per heavy atom. The molecule has 2 aromatic heterocycles. The fraction of sp³-hybridized carbons (Fsp3) is 0.308. The second-order valence-corrected chi connectivity index (χ2v) is 12.0. The number of nitrogens with zero attached hydrogens (tertiary/aromatic N) is 4. The van der Waals surface area contributed by atoms with Gasteiger partial charge in [-0.3, -0.25) is 9.59 Å². The molecule has 196 valence electrons. The van der Waals surface area contributed by atoms with E-state index in [9.17, 15) is 9.59 Å².